The topological polar surface area (TPSA) is 96.0 Å². The number of nitrogens with zero attached hydrogens (tertiary/aromatic N) is 2. The Kier molecular flexibility index (Phi) is 9.70. The molecule has 9 heteroatoms. The zero-order chi connectivity index (χ0) is 29.6. The number of nitrogens with one attached hydrogen (secondary N) is 1. The highest BCUT2D eigenvalue weighted by atomic mass is 32.2. The predicted octanol–water partition coefficient (Wildman–Crippen LogP) is 4.98. The van der Waals surface area contributed by atoms with Gasteiger partial charge in [0, 0.05) is 12.6 Å². The third kappa shape index (κ3) is 7.27. The molecule has 0 spiro atoms. The second kappa shape index (κ2) is 13.2. The number of sulfonamides is 1. The van der Waals surface area contributed by atoms with E-state index < -0.39 is 28.5 Å². The van der Waals surface area contributed by atoms with E-state index in [-0.39, 0.29) is 23.4 Å². The van der Waals surface area contributed by atoms with Gasteiger partial charge in [-0.05, 0) is 75.1 Å². The fourth-order valence-corrected chi connectivity index (χ4v) is 6.57. The van der Waals surface area contributed by atoms with Crippen LogP contribution in [0.2, 0.25) is 0 Å². The molecule has 1 saturated carbocycles. The SMILES string of the molecule is COc1ccc(CN(C(=O)CN(c2ccccc2C)S(=O)(=O)c2ccc(C)cc2)[C@@H](C)C(=O)NC2CCCC2)cc1. The highest BCUT2D eigenvalue weighted by molar-refractivity contribution is 7.92. The van der Waals surface area contributed by atoms with E-state index in [9.17, 15) is 18.0 Å². The van der Waals surface area contributed by atoms with Crippen molar-refractivity contribution in [2.24, 2.45) is 0 Å². The lowest BCUT2D eigenvalue weighted by Gasteiger charge is -2.33. The summed E-state index contributed by atoms with van der Waals surface area (Å²) in [5.41, 5.74) is 2.84. The average molecular weight is 578 g/mol. The molecular weight excluding hydrogens is 538 g/mol. The molecule has 4 rings (SSSR count). The predicted molar refractivity (Wildman–Crippen MR) is 160 cm³/mol. The zero-order valence-corrected chi connectivity index (χ0v) is 25.0. The first-order chi connectivity index (χ1) is 19.6. The minimum Gasteiger partial charge on any atom is -0.497 e. The van der Waals surface area contributed by atoms with Crippen LogP contribution in [0, 0.1) is 13.8 Å². The number of benzene rings is 3. The molecule has 3 aromatic rings. The summed E-state index contributed by atoms with van der Waals surface area (Å²) in [6.45, 7) is 5.06. The summed E-state index contributed by atoms with van der Waals surface area (Å²) < 4.78 is 34.4. The van der Waals surface area contributed by atoms with Crippen LogP contribution in [0.25, 0.3) is 0 Å². The van der Waals surface area contributed by atoms with E-state index in [2.05, 4.69) is 5.32 Å². The van der Waals surface area contributed by atoms with Crippen LogP contribution in [0.5, 0.6) is 5.75 Å². The minimum atomic E-state index is -4.10. The molecule has 0 aliphatic heterocycles. The lowest BCUT2D eigenvalue weighted by molar-refractivity contribution is -0.139. The van der Waals surface area contributed by atoms with Crippen LogP contribution < -0.4 is 14.4 Å². The molecule has 1 fully saturated rings. The number of methoxy groups -OCH3 is 1. The second-order valence-corrected chi connectivity index (χ2v) is 12.5. The van der Waals surface area contributed by atoms with Gasteiger partial charge in [-0.25, -0.2) is 8.42 Å². The maximum atomic E-state index is 14.1. The first kappa shape index (κ1) is 30.1. The number of aryl methyl sites for hydroxylation is 2. The largest absolute Gasteiger partial charge is 0.497 e. The Hall–Kier alpha value is -3.85. The lowest BCUT2D eigenvalue weighted by Crippen LogP contribution is -2.52. The van der Waals surface area contributed by atoms with Crippen molar-refractivity contribution < 1.29 is 22.7 Å². The number of carbonyl (C=O) groups excluding carboxylic acids is 2. The molecule has 41 heavy (non-hydrogen) atoms. The van der Waals surface area contributed by atoms with Crippen molar-refractivity contribution >= 4 is 27.5 Å². The Bertz CT molecular complexity index is 1450. The Morgan fingerprint density at radius 2 is 1.59 bits per heavy atom. The van der Waals surface area contributed by atoms with Gasteiger partial charge < -0.3 is 15.0 Å². The fourth-order valence-electron chi connectivity index (χ4n) is 5.10. The van der Waals surface area contributed by atoms with Crippen LogP contribution in [0.1, 0.15) is 49.3 Å². The molecule has 1 aliphatic rings. The molecular formula is C32H39N3O5S. The highest BCUT2D eigenvalue weighted by Crippen LogP contribution is 2.28. The Labute approximate surface area is 243 Å². The standard InChI is InChI=1S/C32H39N3O5S/c1-23-13-19-29(20-14-23)41(38,39)35(30-12-8-5-9-24(30)2)22-31(36)34(21-26-15-17-28(40-4)18-16-26)25(3)32(37)33-27-10-6-7-11-27/h5,8-9,12-20,25,27H,6-7,10-11,21-22H2,1-4H3,(H,33,37)/t25-/m0/s1. The van der Waals surface area contributed by atoms with Gasteiger partial charge in [0.1, 0.15) is 18.3 Å². The third-order valence-corrected chi connectivity index (χ3v) is 9.43. The number of anilines is 1. The molecule has 8 nitrogen and oxygen atoms in total. The van der Waals surface area contributed by atoms with Gasteiger partial charge in [0.05, 0.1) is 17.7 Å². The minimum absolute atomic E-state index is 0.0906. The number of ether oxygens (including phenoxy) is 1. The average Bonchev–Trinajstić information content (AvgIpc) is 3.48. The number of hydrogen-bond acceptors (Lipinski definition) is 5. The highest BCUT2D eigenvalue weighted by Gasteiger charge is 2.33. The van der Waals surface area contributed by atoms with E-state index in [4.69, 9.17) is 4.74 Å². The number of rotatable bonds is 11. The second-order valence-electron chi connectivity index (χ2n) is 10.6. The number of hydrogen-bond donors (Lipinski definition) is 1. The zero-order valence-electron chi connectivity index (χ0n) is 24.2. The summed E-state index contributed by atoms with van der Waals surface area (Å²) in [5.74, 6) is -0.0509. The van der Waals surface area contributed by atoms with Crippen molar-refractivity contribution in [3.63, 3.8) is 0 Å². The van der Waals surface area contributed by atoms with Crippen LogP contribution in [0.4, 0.5) is 5.69 Å². The normalized spacial score (nSPS) is 14.3. The van der Waals surface area contributed by atoms with Gasteiger partial charge >= 0.3 is 0 Å². The molecule has 3 aromatic carbocycles. The summed E-state index contributed by atoms with van der Waals surface area (Å²) >= 11 is 0. The first-order valence-corrected chi connectivity index (χ1v) is 15.4. The van der Waals surface area contributed by atoms with Gasteiger partial charge in [-0.1, -0.05) is 60.9 Å². The monoisotopic (exact) mass is 577 g/mol. The molecule has 1 atom stereocenters. The molecule has 0 aromatic heterocycles. The van der Waals surface area contributed by atoms with Crippen molar-refractivity contribution in [2.75, 3.05) is 18.0 Å². The molecule has 218 valence electrons. The smallest absolute Gasteiger partial charge is 0.264 e. The van der Waals surface area contributed by atoms with Crippen LogP contribution in [0.3, 0.4) is 0 Å². The lowest BCUT2D eigenvalue weighted by atomic mass is 10.1. The van der Waals surface area contributed by atoms with E-state index in [1.807, 2.05) is 38.1 Å². The van der Waals surface area contributed by atoms with Crippen molar-refractivity contribution in [1.82, 2.24) is 10.2 Å². The van der Waals surface area contributed by atoms with Gasteiger partial charge in [0.25, 0.3) is 10.0 Å². The Morgan fingerprint density at radius 1 is 0.951 bits per heavy atom. The summed E-state index contributed by atoms with van der Waals surface area (Å²) in [6.07, 6.45) is 3.97. The molecule has 0 heterocycles. The van der Waals surface area contributed by atoms with Gasteiger partial charge in [0.2, 0.25) is 11.8 Å². The van der Waals surface area contributed by atoms with Crippen LogP contribution in [0.15, 0.2) is 77.7 Å². The molecule has 0 unspecified atom stereocenters. The van der Waals surface area contributed by atoms with Crippen molar-refractivity contribution in [3.05, 3.63) is 89.5 Å². The van der Waals surface area contributed by atoms with Crippen molar-refractivity contribution in [1.29, 1.82) is 0 Å². The first-order valence-electron chi connectivity index (χ1n) is 14.0. The van der Waals surface area contributed by atoms with Crippen molar-refractivity contribution in [3.8, 4) is 5.75 Å². The van der Waals surface area contributed by atoms with E-state index >= 15 is 0 Å². The van der Waals surface area contributed by atoms with Crippen LogP contribution in [-0.2, 0) is 26.2 Å². The van der Waals surface area contributed by atoms with Gasteiger partial charge in [-0.3, -0.25) is 13.9 Å². The van der Waals surface area contributed by atoms with Gasteiger partial charge in [0.15, 0.2) is 0 Å². The Morgan fingerprint density at radius 3 is 2.20 bits per heavy atom. The molecule has 1 N–H and O–H groups in total. The van der Waals surface area contributed by atoms with E-state index in [0.29, 0.717) is 17.0 Å². The number of amides is 2. The summed E-state index contributed by atoms with van der Waals surface area (Å²) in [4.78, 5) is 29.0. The van der Waals surface area contributed by atoms with Gasteiger partial charge in [-0.15, -0.1) is 0 Å². The summed E-state index contributed by atoms with van der Waals surface area (Å²) in [7, 11) is -2.52. The maximum Gasteiger partial charge on any atom is 0.264 e. The number of para-hydroxylation sites is 1. The maximum absolute atomic E-state index is 14.1. The fraction of sp³-hybridized carbons (Fsp3) is 0.375. The van der Waals surface area contributed by atoms with Crippen LogP contribution in [-0.4, -0.2) is 50.9 Å². The third-order valence-electron chi connectivity index (χ3n) is 7.65. The molecule has 0 saturated heterocycles. The summed E-state index contributed by atoms with van der Waals surface area (Å²) in [6, 6.07) is 20.2. The quantitative estimate of drug-likeness (QED) is 0.347. The van der Waals surface area contributed by atoms with E-state index in [1.54, 1.807) is 62.6 Å². The van der Waals surface area contributed by atoms with Gasteiger partial charge in [-0.2, -0.15) is 0 Å². The van der Waals surface area contributed by atoms with Crippen LogP contribution >= 0.6 is 0 Å². The van der Waals surface area contributed by atoms with Crippen molar-refractivity contribution in [2.45, 2.75) is 70.0 Å². The Balaban J connectivity index is 1.69. The molecule has 1 aliphatic carbocycles. The summed E-state index contributed by atoms with van der Waals surface area (Å²) in [5, 5.41) is 3.09. The molecule has 0 bridgehead atoms. The van der Waals surface area contributed by atoms with E-state index in [1.165, 1.54) is 4.90 Å². The number of carbonyl (C=O) groups is 2. The van der Waals surface area contributed by atoms with E-state index in [0.717, 1.165) is 41.1 Å². The molecule has 0 radical (unpaired) electrons. The molecule has 2 amide bonds.